The fraction of sp³-hybridized carbons (Fsp3) is 0.450. The summed E-state index contributed by atoms with van der Waals surface area (Å²) in [7, 11) is 3.50. The summed E-state index contributed by atoms with van der Waals surface area (Å²) in [6.07, 6.45) is 4.70. The fourth-order valence-corrected chi connectivity index (χ4v) is 3.12. The molecule has 1 aliphatic carbocycles. The second kappa shape index (κ2) is 8.24. The summed E-state index contributed by atoms with van der Waals surface area (Å²) in [5, 5.41) is 5.87. The molecule has 3 rings (SSSR count). The number of hydrogen-bond donors (Lipinski definition) is 2. The zero-order chi connectivity index (χ0) is 19.4. The molecule has 0 aliphatic heterocycles. The zero-order valence-electron chi connectivity index (χ0n) is 15.9. The number of aromatic nitrogens is 2. The van der Waals surface area contributed by atoms with Crippen molar-refractivity contribution in [3.63, 3.8) is 0 Å². The van der Waals surface area contributed by atoms with Gasteiger partial charge in [0.2, 0.25) is 11.8 Å². The molecule has 1 aromatic heterocycles. The highest BCUT2D eigenvalue weighted by molar-refractivity contribution is 5.82. The molecule has 1 fully saturated rings. The van der Waals surface area contributed by atoms with E-state index in [4.69, 9.17) is 4.74 Å². The summed E-state index contributed by atoms with van der Waals surface area (Å²) in [6, 6.07) is 7.16. The van der Waals surface area contributed by atoms with Gasteiger partial charge in [-0.3, -0.25) is 9.59 Å². The molecule has 0 radical (unpaired) electrons. The van der Waals surface area contributed by atoms with Crippen molar-refractivity contribution in [2.24, 2.45) is 18.9 Å². The molecule has 3 atom stereocenters. The first-order chi connectivity index (χ1) is 13.0. The van der Waals surface area contributed by atoms with E-state index >= 15 is 0 Å². The van der Waals surface area contributed by atoms with Gasteiger partial charge in [0, 0.05) is 38.3 Å². The molecular weight excluding hydrogens is 344 g/mol. The van der Waals surface area contributed by atoms with Gasteiger partial charge in [0.15, 0.2) is 0 Å². The number of aryl methyl sites for hydroxylation is 1. The van der Waals surface area contributed by atoms with Crippen LogP contribution in [0.25, 0.3) is 0 Å². The first-order valence-electron chi connectivity index (χ1n) is 9.18. The number of nitrogens with zero attached hydrogens (tertiary/aromatic N) is 2. The maximum absolute atomic E-state index is 12.5. The van der Waals surface area contributed by atoms with Crippen LogP contribution in [0.15, 0.2) is 36.7 Å². The summed E-state index contributed by atoms with van der Waals surface area (Å²) < 4.78 is 7.17. The van der Waals surface area contributed by atoms with E-state index in [2.05, 4.69) is 22.5 Å². The van der Waals surface area contributed by atoms with E-state index in [1.165, 1.54) is 0 Å². The Morgan fingerprint density at radius 2 is 2.19 bits per heavy atom. The Hall–Kier alpha value is -2.83. The van der Waals surface area contributed by atoms with Gasteiger partial charge in [0.1, 0.15) is 17.6 Å². The molecule has 144 valence electrons. The number of benzene rings is 1. The fourth-order valence-electron chi connectivity index (χ4n) is 3.12. The molecule has 2 amide bonds. The normalized spacial score (nSPS) is 19.2. The molecule has 27 heavy (non-hydrogen) atoms. The average Bonchev–Trinajstić information content (AvgIpc) is 3.25. The SMILES string of the molecule is COc1cccc(C(NC(=O)CCNC(=O)C2CC2C)c2nccn2C)c1. The first kappa shape index (κ1) is 18.9. The van der Waals surface area contributed by atoms with Crippen molar-refractivity contribution in [2.45, 2.75) is 25.8 Å². The van der Waals surface area contributed by atoms with Crippen molar-refractivity contribution in [2.75, 3.05) is 13.7 Å². The van der Waals surface area contributed by atoms with Crippen molar-refractivity contribution in [3.05, 3.63) is 48.0 Å². The van der Waals surface area contributed by atoms with Gasteiger partial charge in [-0.2, -0.15) is 0 Å². The van der Waals surface area contributed by atoms with Crippen LogP contribution in [0.1, 0.15) is 37.2 Å². The third-order valence-electron chi connectivity index (χ3n) is 4.95. The number of ether oxygens (including phenoxy) is 1. The Kier molecular flexibility index (Phi) is 5.78. The highest BCUT2D eigenvalue weighted by Crippen LogP contribution is 2.37. The molecule has 3 unspecified atom stereocenters. The van der Waals surface area contributed by atoms with Crippen LogP contribution in [0.4, 0.5) is 0 Å². The number of amides is 2. The summed E-state index contributed by atoms with van der Waals surface area (Å²) in [4.78, 5) is 28.7. The van der Waals surface area contributed by atoms with Crippen LogP contribution in [0.3, 0.4) is 0 Å². The number of nitrogens with one attached hydrogen (secondary N) is 2. The van der Waals surface area contributed by atoms with Gasteiger partial charge >= 0.3 is 0 Å². The quantitative estimate of drug-likeness (QED) is 0.742. The number of carbonyl (C=O) groups is 2. The number of hydrogen-bond acceptors (Lipinski definition) is 4. The number of carbonyl (C=O) groups excluding carboxylic acids is 2. The van der Waals surface area contributed by atoms with Crippen LogP contribution in [0, 0.1) is 11.8 Å². The van der Waals surface area contributed by atoms with E-state index in [1.807, 2.05) is 42.1 Å². The standard InChI is InChI=1S/C20H26N4O3/c1-13-11-16(13)20(26)22-8-7-17(25)23-18(19-21-9-10-24(19)2)14-5-4-6-15(12-14)27-3/h4-6,9-10,12-13,16,18H,7-8,11H2,1-3H3,(H,22,26)(H,23,25). The maximum Gasteiger partial charge on any atom is 0.223 e. The minimum atomic E-state index is -0.397. The van der Waals surface area contributed by atoms with Crippen LogP contribution >= 0.6 is 0 Å². The lowest BCUT2D eigenvalue weighted by atomic mass is 10.1. The van der Waals surface area contributed by atoms with E-state index in [1.54, 1.807) is 13.3 Å². The van der Waals surface area contributed by atoms with Crippen LogP contribution < -0.4 is 15.4 Å². The molecule has 2 aromatic rings. The number of imidazole rings is 1. The molecular formula is C20H26N4O3. The molecule has 0 bridgehead atoms. The monoisotopic (exact) mass is 370 g/mol. The predicted octanol–water partition coefficient (Wildman–Crippen LogP) is 1.80. The smallest absolute Gasteiger partial charge is 0.223 e. The highest BCUT2D eigenvalue weighted by Gasteiger charge is 2.38. The lowest BCUT2D eigenvalue weighted by Crippen LogP contribution is -2.34. The van der Waals surface area contributed by atoms with E-state index in [0.717, 1.165) is 17.8 Å². The Morgan fingerprint density at radius 3 is 2.81 bits per heavy atom. The van der Waals surface area contributed by atoms with Crippen molar-refractivity contribution < 1.29 is 14.3 Å². The Bertz CT molecular complexity index is 817. The second-order valence-corrected chi connectivity index (χ2v) is 7.03. The number of rotatable bonds is 8. The first-order valence-corrected chi connectivity index (χ1v) is 9.18. The molecule has 1 saturated carbocycles. The van der Waals surface area contributed by atoms with Crippen LogP contribution in [-0.2, 0) is 16.6 Å². The molecule has 7 nitrogen and oxygen atoms in total. The van der Waals surface area contributed by atoms with Crippen LogP contribution in [-0.4, -0.2) is 35.0 Å². The van der Waals surface area contributed by atoms with Gasteiger partial charge in [-0.1, -0.05) is 19.1 Å². The van der Waals surface area contributed by atoms with Crippen molar-refractivity contribution in [1.82, 2.24) is 20.2 Å². The van der Waals surface area contributed by atoms with Gasteiger partial charge in [-0.05, 0) is 30.0 Å². The predicted molar refractivity (Wildman–Crippen MR) is 101 cm³/mol. The van der Waals surface area contributed by atoms with Gasteiger partial charge in [-0.15, -0.1) is 0 Å². The minimum absolute atomic E-state index is 0.0451. The van der Waals surface area contributed by atoms with E-state index in [0.29, 0.717) is 18.2 Å². The van der Waals surface area contributed by atoms with Gasteiger partial charge < -0.3 is 19.9 Å². The number of methoxy groups -OCH3 is 1. The summed E-state index contributed by atoms with van der Waals surface area (Å²) >= 11 is 0. The Morgan fingerprint density at radius 1 is 1.41 bits per heavy atom. The van der Waals surface area contributed by atoms with Crippen molar-refractivity contribution >= 4 is 11.8 Å². The molecule has 0 saturated heterocycles. The molecule has 1 aliphatic rings. The van der Waals surface area contributed by atoms with Crippen molar-refractivity contribution in [3.8, 4) is 5.75 Å². The molecule has 0 spiro atoms. The molecule has 1 heterocycles. The van der Waals surface area contributed by atoms with Gasteiger partial charge in [-0.25, -0.2) is 4.98 Å². The third-order valence-corrected chi connectivity index (χ3v) is 4.95. The Balaban J connectivity index is 1.65. The molecule has 1 aromatic carbocycles. The topological polar surface area (TPSA) is 85.2 Å². The van der Waals surface area contributed by atoms with E-state index in [-0.39, 0.29) is 24.2 Å². The van der Waals surface area contributed by atoms with Gasteiger partial charge in [0.25, 0.3) is 0 Å². The lowest BCUT2D eigenvalue weighted by Gasteiger charge is -2.20. The molecule has 2 N–H and O–H groups in total. The molecule has 7 heteroatoms. The average molecular weight is 370 g/mol. The van der Waals surface area contributed by atoms with Crippen molar-refractivity contribution in [1.29, 1.82) is 0 Å². The maximum atomic E-state index is 12.5. The summed E-state index contributed by atoms with van der Waals surface area (Å²) in [5.74, 6) is 1.92. The summed E-state index contributed by atoms with van der Waals surface area (Å²) in [6.45, 7) is 2.39. The highest BCUT2D eigenvalue weighted by atomic mass is 16.5. The van der Waals surface area contributed by atoms with Crippen LogP contribution in [0.5, 0.6) is 5.75 Å². The minimum Gasteiger partial charge on any atom is -0.497 e. The van der Waals surface area contributed by atoms with E-state index in [9.17, 15) is 9.59 Å². The second-order valence-electron chi connectivity index (χ2n) is 7.03. The summed E-state index contributed by atoms with van der Waals surface area (Å²) in [5.41, 5.74) is 0.882. The Labute approximate surface area is 159 Å². The lowest BCUT2D eigenvalue weighted by molar-refractivity contribution is -0.123. The third kappa shape index (κ3) is 4.67. The van der Waals surface area contributed by atoms with Gasteiger partial charge in [0.05, 0.1) is 7.11 Å². The largest absolute Gasteiger partial charge is 0.497 e. The zero-order valence-corrected chi connectivity index (χ0v) is 15.9. The van der Waals surface area contributed by atoms with Crippen LogP contribution in [0.2, 0.25) is 0 Å². The van der Waals surface area contributed by atoms with E-state index < -0.39 is 6.04 Å².